The molecule has 1 fully saturated rings. The summed E-state index contributed by atoms with van der Waals surface area (Å²) in [5.74, 6) is 0.408. The number of carboxylic acids is 1. The van der Waals surface area contributed by atoms with Crippen molar-refractivity contribution in [2.75, 3.05) is 24.7 Å². The minimum atomic E-state index is -1.22. The van der Waals surface area contributed by atoms with Gasteiger partial charge in [0.1, 0.15) is 23.6 Å². The van der Waals surface area contributed by atoms with E-state index in [1.54, 1.807) is 12.4 Å². The monoisotopic (exact) mass is 450 g/mol. The smallest absolute Gasteiger partial charge is 0.353 e. The van der Waals surface area contributed by atoms with Crippen molar-refractivity contribution in [3.8, 4) is 17.1 Å². The number of rotatable bonds is 6. The van der Waals surface area contributed by atoms with Crippen LogP contribution in [0.15, 0.2) is 41.5 Å². The van der Waals surface area contributed by atoms with Gasteiger partial charge in [0.15, 0.2) is 17.4 Å². The Balaban J connectivity index is 1.63. The van der Waals surface area contributed by atoms with E-state index in [1.165, 1.54) is 0 Å². The van der Waals surface area contributed by atoms with E-state index in [-0.39, 0.29) is 24.3 Å². The molecule has 0 bridgehead atoms. The van der Waals surface area contributed by atoms with Gasteiger partial charge in [0.2, 0.25) is 0 Å². The van der Waals surface area contributed by atoms with Gasteiger partial charge in [-0.25, -0.2) is 25.3 Å². The Labute approximate surface area is 188 Å². The number of aromatic amines is 1. The highest BCUT2D eigenvalue weighted by Gasteiger charge is 2.37. The number of fused-ring (bicyclic) bond motifs is 4. The first kappa shape index (κ1) is 20.8. The predicted octanol–water partition coefficient (Wildman–Crippen LogP) is 2.05. The maximum atomic E-state index is 11.5. The summed E-state index contributed by atoms with van der Waals surface area (Å²) in [5.41, 5.74) is 8.76. The van der Waals surface area contributed by atoms with Gasteiger partial charge in [-0.05, 0) is 19.1 Å². The van der Waals surface area contributed by atoms with Crippen LogP contribution in [0.4, 0.5) is 5.82 Å². The number of carboxylic acid groups (broad SMARTS) is 1. The molecule has 0 aromatic carbocycles. The van der Waals surface area contributed by atoms with Crippen LogP contribution in [0.3, 0.4) is 0 Å². The standard InChI is InChI=1S/C21H22N8O4/c1-11-8-32-9-12-10-33-17-15(6-25-16(7-26-22)21(30)31)27-19(28-20(17)29(11)12)14-3-5-24-18-13(14)2-4-23-18/h2-5,7,11-12,22,25H,6,8-10H2,1H3,(H,23,24)(H,30,31)/b16-7-,26-22?/t11-,12+/m1/s1. The molecule has 12 heteroatoms. The number of ether oxygens (including phenoxy) is 2. The zero-order valence-electron chi connectivity index (χ0n) is 17.8. The number of H-pyrrole nitrogens is 1. The summed E-state index contributed by atoms with van der Waals surface area (Å²) in [5, 5.41) is 16.1. The second kappa shape index (κ2) is 8.47. The number of hydrogen-bond acceptors (Lipinski definition) is 10. The van der Waals surface area contributed by atoms with Crippen LogP contribution in [0.2, 0.25) is 0 Å². The maximum Gasteiger partial charge on any atom is 0.353 e. The number of anilines is 1. The van der Waals surface area contributed by atoms with Crippen LogP contribution in [-0.2, 0) is 16.1 Å². The van der Waals surface area contributed by atoms with Crippen LogP contribution >= 0.6 is 0 Å². The molecule has 5 rings (SSSR count). The van der Waals surface area contributed by atoms with E-state index in [0.29, 0.717) is 42.9 Å². The lowest BCUT2D eigenvalue weighted by Gasteiger charge is -2.44. The number of aliphatic carboxylic acids is 1. The summed E-state index contributed by atoms with van der Waals surface area (Å²) in [6, 6.07) is 3.86. The molecule has 0 unspecified atom stereocenters. The van der Waals surface area contributed by atoms with Gasteiger partial charge >= 0.3 is 5.97 Å². The first-order valence-electron chi connectivity index (χ1n) is 10.4. The SMILES string of the molecule is C[C@@H]1COC[C@H]2COc3c(CN/C(=C\N=N)C(=O)O)nc(-c4ccnc5[nH]ccc45)nc3N21. The highest BCUT2D eigenvalue weighted by molar-refractivity contribution is 5.91. The van der Waals surface area contributed by atoms with E-state index in [4.69, 9.17) is 25.0 Å². The summed E-state index contributed by atoms with van der Waals surface area (Å²) in [6.07, 6.45) is 4.43. The Bertz CT molecular complexity index is 1260. The van der Waals surface area contributed by atoms with E-state index in [1.807, 2.05) is 12.1 Å². The lowest BCUT2D eigenvalue weighted by Crippen LogP contribution is -2.56. The van der Waals surface area contributed by atoms with Gasteiger partial charge in [0, 0.05) is 23.3 Å². The molecule has 0 amide bonds. The van der Waals surface area contributed by atoms with Gasteiger partial charge in [-0.1, -0.05) is 0 Å². The Morgan fingerprint density at radius 1 is 1.39 bits per heavy atom. The van der Waals surface area contributed by atoms with Crippen molar-refractivity contribution in [2.24, 2.45) is 5.11 Å². The van der Waals surface area contributed by atoms with Gasteiger partial charge in [0.05, 0.1) is 38.0 Å². The van der Waals surface area contributed by atoms with E-state index in [0.717, 1.165) is 22.8 Å². The number of pyridine rings is 1. The van der Waals surface area contributed by atoms with Crippen LogP contribution in [0.5, 0.6) is 5.75 Å². The van der Waals surface area contributed by atoms with Crippen LogP contribution in [0, 0.1) is 5.53 Å². The molecular formula is C21H22N8O4. The average molecular weight is 450 g/mol. The molecule has 5 heterocycles. The molecular weight excluding hydrogens is 428 g/mol. The van der Waals surface area contributed by atoms with E-state index in [2.05, 4.69) is 32.2 Å². The molecule has 1 saturated heterocycles. The number of nitrogens with one attached hydrogen (secondary N) is 3. The number of aromatic nitrogens is 4. The molecule has 12 nitrogen and oxygen atoms in total. The number of carbonyl (C=O) groups is 1. The van der Waals surface area contributed by atoms with Gasteiger partial charge in [-0.15, -0.1) is 0 Å². The third kappa shape index (κ3) is 3.74. The quantitative estimate of drug-likeness (QED) is 0.325. The molecule has 0 aliphatic carbocycles. The van der Waals surface area contributed by atoms with Gasteiger partial charge in [-0.3, -0.25) is 0 Å². The molecule has 0 spiro atoms. The fraction of sp³-hybridized carbons (Fsp3) is 0.333. The summed E-state index contributed by atoms with van der Waals surface area (Å²) < 4.78 is 11.8. The van der Waals surface area contributed by atoms with Crippen LogP contribution in [0.25, 0.3) is 22.4 Å². The predicted molar refractivity (Wildman–Crippen MR) is 117 cm³/mol. The zero-order valence-corrected chi connectivity index (χ0v) is 17.8. The second-order valence-corrected chi connectivity index (χ2v) is 7.83. The largest absolute Gasteiger partial charge is 0.486 e. The molecule has 2 atom stereocenters. The van der Waals surface area contributed by atoms with Crippen LogP contribution < -0.4 is 15.0 Å². The summed E-state index contributed by atoms with van der Waals surface area (Å²) >= 11 is 0. The van der Waals surface area contributed by atoms with Crippen molar-refractivity contribution in [2.45, 2.75) is 25.6 Å². The summed E-state index contributed by atoms with van der Waals surface area (Å²) in [6.45, 7) is 3.63. The third-order valence-corrected chi connectivity index (χ3v) is 5.69. The van der Waals surface area contributed by atoms with Gasteiger partial charge in [0.25, 0.3) is 0 Å². The highest BCUT2D eigenvalue weighted by atomic mass is 16.5. The molecule has 4 N–H and O–H groups in total. The Hall–Kier alpha value is -4.06. The number of hydrogen-bond donors (Lipinski definition) is 4. The highest BCUT2D eigenvalue weighted by Crippen LogP contribution is 2.39. The van der Waals surface area contributed by atoms with E-state index >= 15 is 0 Å². The van der Waals surface area contributed by atoms with E-state index in [9.17, 15) is 9.90 Å². The summed E-state index contributed by atoms with van der Waals surface area (Å²) in [4.78, 5) is 30.7. The normalized spacial score (nSPS) is 20.0. The molecule has 3 aromatic heterocycles. The molecule has 0 saturated carbocycles. The zero-order chi connectivity index (χ0) is 22.9. The summed E-state index contributed by atoms with van der Waals surface area (Å²) in [7, 11) is 0. The lowest BCUT2D eigenvalue weighted by atomic mass is 10.1. The molecule has 170 valence electrons. The molecule has 3 aromatic rings. The van der Waals surface area contributed by atoms with Crippen molar-refractivity contribution in [1.82, 2.24) is 25.3 Å². The second-order valence-electron chi connectivity index (χ2n) is 7.83. The Morgan fingerprint density at radius 3 is 3.09 bits per heavy atom. The Kier molecular flexibility index (Phi) is 5.34. The average Bonchev–Trinajstić information content (AvgIpc) is 3.30. The first-order valence-corrected chi connectivity index (χ1v) is 10.4. The van der Waals surface area contributed by atoms with Gasteiger partial charge < -0.3 is 29.8 Å². The van der Waals surface area contributed by atoms with Crippen LogP contribution in [0.1, 0.15) is 12.6 Å². The van der Waals surface area contributed by atoms with Crippen molar-refractivity contribution in [3.05, 3.63) is 42.1 Å². The molecule has 2 aliphatic rings. The minimum absolute atomic E-state index is 0.0196. The molecule has 33 heavy (non-hydrogen) atoms. The molecule has 0 radical (unpaired) electrons. The van der Waals surface area contributed by atoms with Crippen molar-refractivity contribution in [3.63, 3.8) is 0 Å². The third-order valence-electron chi connectivity index (χ3n) is 5.69. The van der Waals surface area contributed by atoms with Crippen molar-refractivity contribution < 1.29 is 19.4 Å². The van der Waals surface area contributed by atoms with Crippen molar-refractivity contribution >= 4 is 22.8 Å². The number of nitrogens with zero attached hydrogens (tertiary/aromatic N) is 5. The fourth-order valence-corrected chi connectivity index (χ4v) is 4.21. The topological polar surface area (TPSA) is 162 Å². The van der Waals surface area contributed by atoms with Crippen molar-refractivity contribution in [1.29, 1.82) is 5.53 Å². The number of morpholine rings is 1. The van der Waals surface area contributed by atoms with Crippen LogP contribution in [-0.4, -0.2) is 62.9 Å². The Morgan fingerprint density at radius 2 is 2.27 bits per heavy atom. The fourth-order valence-electron chi connectivity index (χ4n) is 4.21. The first-order chi connectivity index (χ1) is 16.1. The lowest BCUT2D eigenvalue weighted by molar-refractivity contribution is -0.133. The minimum Gasteiger partial charge on any atom is -0.486 e. The van der Waals surface area contributed by atoms with E-state index < -0.39 is 5.97 Å². The maximum absolute atomic E-state index is 11.5. The molecule has 2 aliphatic heterocycles. The van der Waals surface area contributed by atoms with Gasteiger partial charge in [-0.2, -0.15) is 5.11 Å².